The minimum absolute atomic E-state index is 0.188. The van der Waals surface area contributed by atoms with E-state index in [9.17, 15) is 4.79 Å². The highest BCUT2D eigenvalue weighted by atomic mass is 16.2. The van der Waals surface area contributed by atoms with Crippen molar-refractivity contribution in [3.63, 3.8) is 0 Å². The van der Waals surface area contributed by atoms with Crippen LogP contribution in [-0.4, -0.2) is 37.0 Å². The average molecular weight is 198 g/mol. The normalized spacial score (nSPS) is 25.2. The van der Waals surface area contributed by atoms with Crippen molar-refractivity contribution >= 4 is 5.91 Å². The van der Waals surface area contributed by atoms with Crippen LogP contribution in [0.4, 0.5) is 0 Å². The lowest BCUT2D eigenvalue weighted by atomic mass is 10.3. The summed E-state index contributed by atoms with van der Waals surface area (Å²) in [6.45, 7) is 7.80. The first-order valence-corrected chi connectivity index (χ1v) is 5.48. The first-order valence-electron chi connectivity index (χ1n) is 5.48. The summed E-state index contributed by atoms with van der Waals surface area (Å²) in [5, 5.41) is 3.22. The molecular formula is C11H22N2O. The lowest BCUT2D eigenvalue weighted by Crippen LogP contribution is -2.39. The molecule has 1 fully saturated rings. The molecule has 0 aromatic heterocycles. The summed E-state index contributed by atoms with van der Waals surface area (Å²) in [5.74, 6) is 1.86. The van der Waals surface area contributed by atoms with Gasteiger partial charge in [0.2, 0.25) is 5.91 Å². The van der Waals surface area contributed by atoms with Crippen molar-refractivity contribution in [2.24, 2.45) is 11.8 Å². The lowest BCUT2D eigenvalue weighted by Gasteiger charge is -2.21. The third kappa shape index (κ3) is 3.29. The topological polar surface area (TPSA) is 32.3 Å². The predicted octanol–water partition coefficient (Wildman–Crippen LogP) is 1.10. The Morgan fingerprint density at radius 1 is 1.57 bits per heavy atom. The number of likely N-dealkylation sites (N-methyl/N-ethyl adjacent to an activating group) is 1. The minimum atomic E-state index is 0.188. The van der Waals surface area contributed by atoms with Crippen LogP contribution in [0.15, 0.2) is 0 Å². The van der Waals surface area contributed by atoms with Crippen LogP contribution in [-0.2, 0) is 4.79 Å². The molecule has 2 unspecified atom stereocenters. The van der Waals surface area contributed by atoms with E-state index >= 15 is 0 Å². The fraction of sp³-hybridized carbons (Fsp3) is 0.909. The summed E-state index contributed by atoms with van der Waals surface area (Å²) in [4.78, 5) is 13.3. The van der Waals surface area contributed by atoms with E-state index < -0.39 is 0 Å². The molecule has 2 atom stereocenters. The SMILES string of the molecule is CC1CC1CNCC(=O)N(C)C(C)C. The molecule has 0 aromatic carbocycles. The van der Waals surface area contributed by atoms with Crippen molar-refractivity contribution in [1.29, 1.82) is 0 Å². The molecule has 3 heteroatoms. The molecule has 1 rings (SSSR count). The van der Waals surface area contributed by atoms with E-state index in [-0.39, 0.29) is 5.91 Å². The van der Waals surface area contributed by atoms with E-state index in [2.05, 4.69) is 12.2 Å². The molecule has 0 radical (unpaired) electrons. The van der Waals surface area contributed by atoms with Crippen molar-refractivity contribution in [1.82, 2.24) is 10.2 Å². The number of nitrogens with one attached hydrogen (secondary N) is 1. The third-order valence-electron chi connectivity index (χ3n) is 3.13. The molecule has 1 N–H and O–H groups in total. The van der Waals surface area contributed by atoms with Crippen LogP contribution in [0, 0.1) is 11.8 Å². The van der Waals surface area contributed by atoms with Gasteiger partial charge in [-0.25, -0.2) is 0 Å². The van der Waals surface area contributed by atoms with Gasteiger partial charge in [-0.3, -0.25) is 4.79 Å². The van der Waals surface area contributed by atoms with Gasteiger partial charge in [-0.1, -0.05) is 6.92 Å². The summed E-state index contributed by atoms with van der Waals surface area (Å²) in [5.41, 5.74) is 0. The number of carbonyl (C=O) groups excluding carboxylic acids is 1. The molecule has 0 saturated heterocycles. The Hall–Kier alpha value is -0.570. The summed E-state index contributed by atoms with van der Waals surface area (Å²) in [6.07, 6.45) is 1.32. The van der Waals surface area contributed by atoms with E-state index in [1.807, 2.05) is 20.9 Å². The van der Waals surface area contributed by atoms with E-state index in [4.69, 9.17) is 0 Å². The van der Waals surface area contributed by atoms with Crippen molar-refractivity contribution in [2.45, 2.75) is 33.2 Å². The van der Waals surface area contributed by atoms with Crippen LogP contribution in [0.2, 0.25) is 0 Å². The molecule has 1 saturated carbocycles. The molecule has 1 aliphatic rings. The van der Waals surface area contributed by atoms with Gasteiger partial charge in [-0.15, -0.1) is 0 Å². The van der Waals surface area contributed by atoms with Crippen molar-refractivity contribution in [3.05, 3.63) is 0 Å². The quantitative estimate of drug-likeness (QED) is 0.717. The molecule has 0 bridgehead atoms. The predicted molar refractivity (Wildman–Crippen MR) is 58.0 cm³/mol. The highest BCUT2D eigenvalue weighted by Gasteiger charge is 2.31. The highest BCUT2D eigenvalue weighted by Crippen LogP contribution is 2.36. The maximum absolute atomic E-state index is 11.5. The maximum Gasteiger partial charge on any atom is 0.236 e. The second kappa shape index (κ2) is 4.78. The zero-order valence-electron chi connectivity index (χ0n) is 9.71. The number of rotatable bonds is 5. The van der Waals surface area contributed by atoms with Gasteiger partial charge >= 0.3 is 0 Å². The van der Waals surface area contributed by atoms with Crippen LogP contribution in [0.3, 0.4) is 0 Å². The largest absolute Gasteiger partial charge is 0.342 e. The Kier molecular flexibility index (Phi) is 3.93. The molecule has 0 aliphatic heterocycles. The van der Waals surface area contributed by atoms with Crippen LogP contribution < -0.4 is 5.32 Å². The van der Waals surface area contributed by atoms with E-state index in [1.54, 1.807) is 4.90 Å². The molecule has 0 heterocycles. The molecule has 1 amide bonds. The van der Waals surface area contributed by atoms with Gasteiger partial charge in [-0.05, 0) is 38.6 Å². The molecule has 14 heavy (non-hydrogen) atoms. The monoisotopic (exact) mass is 198 g/mol. The fourth-order valence-corrected chi connectivity index (χ4v) is 1.46. The Labute approximate surface area is 86.9 Å². The lowest BCUT2D eigenvalue weighted by molar-refractivity contribution is -0.130. The first kappa shape index (κ1) is 11.5. The Bertz CT molecular complexity index is 203. The standard InChI is InChI=1S/C11H22N2O/c1-8(2)13(4)11(14)7-12-6-10-5-9(10)3/h8-10,12H,5-7H2,1-4H3. The molecule has 0 aromatic rings. The number of amides is 1. The Balaban J connectivity index is 2.08. The Morgan fingerprint density at radius 2 is 2.14 bits per heavy atom. The average Bonchev–Trinajstić information content (AvgIpc) is 2.80. The Morgan fingerprint density at radius 3 is 2.57 bits per heavy atom. The van der Waals surface area contributed by atoms with Crippen molar-refractivity contribution < 1.29 is 4.79 Å². The van der Waals surface area contributed by atoms with Gasteiger partial charge in [0.15, 0.2) is 0 Å². The number of hydrogen-bond acceptors (Lipinski definition) is 2. The molecule has 0 spiro atoms. The number of hydrogen-bond donors (Lipinski definition) is 1. The van der Waals surface area contributed by atoms with Crippen LogP contribution >= 0.6 is 0 Å². The first-order chi connectivity index (χ1) is 6.52. The van der Waals surface area contributed by atoms with E-state index in [0.717, 1.165) is 18.4 Å². The fourth-order valence-electron chi connectivity index (χ4n) is 1.46. The second-order valence-electron chi connectivity index (χ2n) is 4.70. The van der Waals surface area contributed by atoms with Gasteiger partial charge in [0, 0.05) is 13.1 Å². The van der Waals surface area contributed by atoms with Gasteiger partial charge in [-0.2, -0.15) is 0 Å². The number of nitrogens with zero attached hydrogens (tertiary/aromatic N) is 1. The van der Waals surface area contributed by atoms with Gasteiger partial charge in [0.25, 0.3) is 0 Å². The zero-order chi connectivity index (χ0) is 10.7. The number of carbonyl (C=O) groups is 1. The zero-order valence-corrected chi connectivity index (χ0v) is 9.71. The third-order valence-corrected chi connectivity index (χ3v) is 3.13. The van der Waals surface area contributed by atoms with Crippen LogP contribution in [0.1, 0.15) is 27.2 Å². The molecule has 82 valence electrons. The maximum atomic E-state index is 11.5. The van der Waals surface area contributed by atoms with Crippen molar-refractivity contribution in [3.8, 4) is 0 Å². The van der Waals surface area contributed by atoms with Crippen LogP contribution in [0.25, 0.3) is 0 Å². The summed E-state index contributed by atoms with van der Waals surface area (Å²) in [6, 6.07) is 0.296. The second-order valence-corrected chi connectivity index (χ2v) is 4.70. The smallest absolute Gasteiger partial charge is 0.236 e. The van der Waals surface area contributed by atoms with Gasteiger partial charge in [0.1, 0.15) is 0 Å². The molecular weight excluding hydrogens is 176 g/mol. The van der Waals surface area contributed by atoms with Gasteiger partial charge in [0.05, 0.1) is 6.54 Å². The van der Waals surface area contributed by atoms with E-state index in [1.165, 1.54) is 6.42 Å². The summed E-state index contributed by atoms with van der Waals surface area (Å²) < 4.78 is 0. The van der Waals surface area contributed by atoms with Crippen molar-refractivity contribution in [2.75, 3.05) is 20.1 Å². The van der Waals surface area contributed by atoms with E-state index in [0.29, 0.717) is 12.6 Å². The summed E-state index contributed by atoms with van der Waals surface area (Å²) in [7, 11) is 1.86. The minimum Gasteiger partial charge on any atom is -0.342 e. The summed E-state index contributed by atoms with van der Waals surface area (Å²) >= 11 is 0. The molecule has 1 aliphatic carbocycles. The highest BCUT2D eigenvalue weighted by molar-refractivity contribution is 5.78. The van der Waals surface area contributed by atoms with Gasteiger partial charge < -0.3 is 10.2 Å². The van der Waals surface area contributed by atoms with Crippen LogP contribution in [0.5, 0.6) is 0 Å². The molecule has 3 nitrogen and oxygen atoms in total.